The molecule has 158 valence electrons. The Bertz CT molecular complexity index is 1290. The molecule has 0 saturated carbocycles. The van der Waals surface area contributed by atoms with Gasteiger partial charge in [-0.3, -0.25) is 4.79 Å². The summed E-state index contributed by atoms with van der Waals surface area (Å²) in [6.07, 6.45) is 3.52. The smallest absolute Gasteiger partial charge is 0.256 e. The molecule has 1 N–H and O–H groups in total. The Morgan fingerprint density at radius 1 is 0.938 bits per heavy atom. The molecule has 0 bridgehead atoms. The van der Waals surface area contributed by atoms with Crippen LogP contribution in [0.5, 0.6) is 0 Å². The van der Waals surface area contributed by atoms with Crippen LogP contribution in [0.3, 0.4) is 0 Å². The highest BCUT2D eigenvalue weighted by atomic mass is 32.1. The normalized spacial score (nSPS) is 11.6. The molecule has 1 amide bonds. The second-order valence-electron chi connectivity index (χ2n) is 6.90. The predicted molar refractivity (Wildman–Crippen MR) is 132 cm³/mol. The minimum Gasteiger partial charge on any atom is -0.312 e. The fourth-order valence-corrected chi connectivity index (χ4v) is 4.22. The number of anilines is 1. The molecule has 0 fully saturated rings. The first-order chi connectivity index (χ1) is 15.8. The number of benzene rings is 3. The van der Waals surface area contributed by atoms with Crippen molar-refractivity contribution in [3.05, 3.63) is 120 Å². The first-order valence-electron chi connectivity index (χ1n) is 10.1. The summed E-state index contributed by atoms with van der Waals surface area (Å²) in [5.41, 5.74) is 3.40. The van der Waals surface area contributed by atoms with Gasteiger partial charge >= 0.3 is 0 Å². The fraction of sp³-hybridized carbons (Fsp3) is 0.0385. The minimum absolute atomic E-state index is 0.172. The molecule has 0 saturated heterocycles. The second-order valence-corrected chi connectivity index (χ2v) is 7.88. The molecule has 4 aromatic rings. The van der Waals surface area contributed by atoms with Gasteiger partial charge in [-0.15, -0.1) is 11.7 Å². The standard InChI is InChI=1S/C26H22N4OS/c1-2-18-30-23(21-14-8-4-9-15-21)25(28-24(31)22-16-10-5-11-17-22)32-26(30)29-27-19-20-12-6-3-7-13-20/h2-17,19H,1,18H2,(H,28,31)/b27-19-,29-26-. The van der Waals surface area contributed by atoms with E-state index in [1.165, 1.54) is 11.3 Å². The van der Waals surface area contributed by atoms with Crippen molar-refractivity contribution in [3.8, 4) is 11.3 Å². The lowest BCUT2D eigenvalue weighted by molar-refractivity contribution is 0.102. The van der Waals surface area contributed by atoms with Gasteiger partial charge in [0.15, 0.2) is 0 Å². The number of aromatic nitrogens is 1. The van der Waals surface area contributed by atoms with E-state index in [1.54, 1.807) is 18.3 Å². The summed E-state index contributed by atoms with van der Waals surface area (Å²) in [5.74, 6) is -0.172. The minimum atomic E-state index is -0.172. The van der Waals surface area contributed by atoms with Crippen molar-refractivity contribution in [2.24, 2.45) is 10.2 Å². The van der Waals surface area contributed by atoms with Crippen LogP contribution in [0.25, 0.3) is 11.3 Å². The number of carbonyl (C=O) groups is 1. The van der Waals surface area contributed by atoms with E-state index in [0.29, 0.717) is 21.9 Å². The monoisotopic (exact) mass is 438 g/mol. The second kappa shape index (κ2) is 10.3. The highest BCUT2D eigenvalue weighted by molar-refractivity contribution is 7.14. The van der Waals surface area contributed by atoms with Crippen molar-refractivity contribution in [2.75, 3.05) is 5.32 Å². The first-order valence-corrected chi connectivity index (χ1v) is 11.0. The summed E-state index contributed by atoms with van der Waals surface area (Å²) in [7, 11) is 0. The van der Waals surface area contributed by atoms with E-state index in [4.69, 9.17) is 0 Å². The lowest BCUT2D eigenvalue weighted by atomic mass is 10.1. The van der Waals surface area contributed by atoms with Crippen LogP contribution in [0.2, 0.25) is 0 Å². The highest BCUT2D eigenvalue weighted by Gasteiger charge is 2.18. The molecule has 4 rings (SSSR count). The Balaban J connectivity index is 1.80. The Kier molecular flexibility index (Phi) is 6.84. The fourth-order valence-electron chi connectivity index (χ4n) is 3.20. The van der Waals surface area contributed by atoms with Gasteiger partial charge in [-0.1, -0.05) is 96.3 Å². The lowest BCUT2D eigenvalue weighted by Gasteiger charge is -2.10. The van der Waals surface area contributed by atoms with Crippen LogP contribution in [-0.4, -0.2) is 16.7 Å². The number of rotatable bonds is 7. The van der Waals surface area contributed by atoms with Crippen LogP contribution in [0.4, 0.5) is 5.00 Å². The quantitative estimate of drug-likeness (QED) is 0.228. The SMILES string of the molecule is C=CCn1c(-c2ccccc2)c(NC(=O)c2ccccc2)s/c1=N\N=C/c1ccccc1. The van der Waals surface area contributed by atoms with Crippen molar-refractivity contribution < 1.29 is 4.79 Å². The number of amides is 1. The van der Waals surface area contributed by atoms with E-state index >= 15 is 0 Å². The Morgan fingerprint density at radius 3 is 2.22 bits per heavy atom. The maximum Gasteiger partial charge on any atom is 0.256 e. The molecule has 5 nitrogen and oxygen atoms in total. The molecule has 32 heavy (non-hydrogen) atoms. The third-order valence-electron chi connectivity index (χ3n) is 4.68. The summed E-state index contributed by atoms with van der Waals surface area (Å²) in [4.78, 5) is 13.5. The molecule has 0 aliphatic rings. The summed E-state index contributed by atoms with van der Waals surface area (Å²) in [6, 6.07) is 28.9. The molecule has 0 unspecified atom stereocenters. The van der Waals surface area contributed by atoms with Crippen molar-refractivity contribution in [1.29, 1.82) is 0 Å². The van der Waals surface area contributed by atoms with Crippen LogP contribution >= 0.6 is 11.3 Å². The molecular formula is C26H22N4OS. The van der Waals surface area contributed by atoms with E-state index in [9.17, 15) is 4.79 Å². The van der Waals surface area contributed by atoms with Crippen LogP contribution in [0.1, 0.15) is 15.9 Å². The van der Waals surface area contributed by atoms with E-state index in [2.05, 4.69) is 22.1 Å². The largest absolute Gasteiger partial charge is 0.312 e. The Labute approximate surface area is 190 Å². The van der Waals surface area contributed by atoms with Gasteiger partial charge in [-0.05, 0) is 17.7 Å². The predicted octanol–water partition coefficient (Wildman–Crippen LogP) is 5.59. The zero-order chi connectivity index (χ0) is 22.2. The van der Waals surface area contributed by atoms with Crippen molar-refractivity contribution in [3.63, 3.8) is 0 Å². The van der Waals surface area contributed by atoms with Crippen LogP contribution in [-0.2, 0) is 6.54 Å². The van der Waals surface area contributed by atoms with Gasteiger partial charge in [0, 0.05) is 17.7 Å². The van der Waals surface area contributed by atoms with Crippen molar-refractivity contribution in [1.82, 2.24) is 4.57 Å². The number of nitrogens with one attached hydrogen (secondary N) is 1. The number of carbonyl (C=O) groups excluding carboxylic acids is 1. The third kappa shape index (κ3) is 4.99. The number of hydrogen-bond donors (Lipinski definition) is 1. The summed E-state index contributed by atoms with van der Waals surface area (Å²) < 4.78 is 2.01. The van der Waals surface area contributed by atoms with Crippen molar-refractivity contribution in [2.45, 2.75) is 6.54 Å². The number of allylic oxidation sites excluding steroid dienone is 1. The van der Waals surface area contributed by atoms with Gasteiger partial charge in [0.05, 0.1) is 11.9 Å². The molecule has 0 radical (unpaired) electrons. The Morgan fingerprint density at radius 2 is 1.56 bits per heavy atom. The van der Waals surface area contributed by atoms with E-state index < -0.39 is 0 Å². The van der Waals surface area contributed by atoms with Crippen LogP contribution in [0.15, 0.2) is 114 Å². The summed E-state index contributed by atoms with van der Waals surface area (Å²) in [5, 5.41) is 12.5. The maximum absolute atomic E-state index is 12.9. The highest BCUT2D eigenvalue weighted by Crippen LogP contribution is 2.31. The molecule has 3 aromatic carbocycles. The molecule has 6 heteroatoms. The van der Waals surface area contributed by atoms with Gasteiger partial charge < -0.3 is 9.88 Å². The summed E-state index contributed by atoms with van der Waals surface area (Å²) in [6.45, 7) is 4.42. The average molecular weight is 439 g/mol. The molecule has 0 atom stereocenters. The van der Waals surface area contributed by atoms with Gasteiger partial charge in [0.1, 0.15) is 5.00 Å². The van der Waals surface area contributed by atoms with Gasteiger partial charge in [-0.25, -0.2) is 0 Å². The molecular weight excluding hydrogens is 416 g/mol. The van der Waals surface area contributed by atoms with Gasteiger partial charge in [-0.2, -0.15) is 5.10 Å². The molecule has 0 aliphatic carbocycles. The number of thiazole rings is 1. The average Bonchev–Trinajstić information content (AvgIpc) is 3.17. The van der Waals surface area contributed by atoms with E-state index in [-0.39, 0.29) is 5.91 Å². The van der Waals surface area contributed by atoms with Crippen LogP contribution < -0.4 is 10.1 Å². The lowest BCUT2D eigenvalue weighted by Crippen LogP contribution is -2.15. The zero-order valence-electron chi connectivity index (χ0n) is 17.4. The van der Waals surface area contributed by atoms with E-state index in [0.717, 1.165) is 16.8 Å². The van der Waals surface area contributed by atoms with Gasteiger partial charge in [0.2, 0.25) is 4.80 Å². The van der Waals surface area contributed by atoms with Crippen LogP contribution in [0, 0.1) is 0 Å². The molecule has 0 spiro atoms. The number of nitrogens with zero attached hydrogens (tertiary/aromatic N) is 3. The number of hydrogen-bond acceptors (Lipinski definition) is 4. The topological polar surface area (TPSA) is 58.8 Å². The van der Waals surface area contributed by atoms with Crippen molar-refractivity contribution >= 4 is 28.5 Å². The molecule has 0 aliphatic heterocycles. The Hall–Kier alpha value is -4.03. The third-order valence-corrected chi connectivity index (χ3v) is 5.66. The van der Waals surface area contributed by atoms with E-state index in [1.807, 2.05) is 89.5 Å². The maximum atomic E-state index is 12.9. The van der Waals surface area contributed by atoms with Gasteiger partial charge in [0.25, 0.3) is 5.91 Å². The summed E-state index contributed by atoms with van der Waals surface area (Å²) >= 11 is 1.38. The molecule has 1 aromatic heterocycles. The molecule has 1 heterocycles. The zero-order valence-corrected chi connectivity index (χ0v) is 18.2. The first kappa shape index (κ1) is 21.2.